The Morgan fingerprint density at radius 2 is 1.62 bits per heavy atom. The number of nitrogens with one attached hydrogen (secondary N) is 1. The van der Waals surface area contributed by atoms with Crippen LogP contribution in [-0.4, -0.2) is 20.8 Å². The molecule has 0 aliphatic carbocycles. The fourth-order valence-electron chi connectivity index (χ4n) is 2.79. The SMILES string of the molecule is COc1ccc(C(NCc2ccc(OC(F)F)c(OC)c2)C(C)C)cc1. The summed E-state index contributed by atoms with van der Waals surface area (Å²) in [6.45, 7) is 1.97. The van der Waals surface area contributed by atoms with Crippen molar-refractivity contribution in [3.05, 3.63) is 53.6 Å². The van der Waals surface area contributed by atoms with Crippen molar-refractivity contribution in [1.29, 1.82) is 0 Å². The van der Waals surface area contributed by atoms with Gasteiger partial charge in [-0.1, -0.05) is 32.0 Å². The van der Waals surface area contributed by atoms with E-state index in [0.29, 0.717) is 12.5 Å². The lowest BCUT2D eigenvalue weighted by Crippen LogP contribution is -2.25. The Labute approximate surface area is 153 Å². The van der Waals surface area contributed by atoms with Gasteiger partial charge < -0.3 is 19.5 Å². The quantitative estimate of drug-likeness (QED) is 0.693. The van der Waals surface area contributed by atoms with Crippen LogP contribution in [0.1, 0.15) is 31.0 Å². The molecule has 0 saturated carbocycles. The average molecular weight is 365 g/mol. The molecule has 0 amide bonds. The van der Waals surface area contributed by atoms with E-state index in [4.69, 9.17) is 9.47 Å². The number of alkyl halides is 2. The third-order valence-corrected chi connectivity index (χ3v) is 4.11. The number of benzene rings is 2. The predicted octanol–water partition coefficient (Wildman–Crippen LogP) is 4.79. The van der Waals surface area contributed by atoms with E-state index in [9.17, 15) is 8.78 Å². The number of halogens is 2. The Kier molecular flexibility index (Phi) is 7.21. The first-order valence-electron chi connectivity index (χ1n) is 8.43. The summed E-state index contributed by atoms with van der Waals surface area (Å²) >= 11 is 0. The first kappa shape index (κ1) is 20.0. The number of methoxy groups -OCH3 is 2. The normalized spacial score (nSPS) is 12.3. The summed E-state index contributed by atoms with van der Waals surface area (Å²) in [5.41, 5.74) is 2.08. The zero-order chi connectivity index (χ0) is 19.1. The first-order chi connectivity index (χ1) is 12.4. The molecule has 2 rings (SSSR count). The van der Waals surface area contributed by atoms with E-state index in [1.807, 2.05) is 24.3 Å². The van der Waals surface area contributed by atoms with Crippen LogP contribution in [0.15, 0.2) is 42.5 Å². The molecule has 1 N–H and O–H groups in total. The Morgan fingerprint density at radius 1 is 0.923 bits per heavy atom. The minimum absolute atomic E-state index is 0.0295. The van der Waals surface area contributed by atoms with Crippen LogP contribution < -0.4 is 19.5 Å². The van der Waals surface area contributed by atoms with Crippen molar-refractivity contribution in [2.45, 2.75) is 33.0 Å². The lowest BCUT2D eigenvalue weighted by atomic mass is 9.95. The van der Waals surface area contributed by atoms with E-state index in [1.165, 1.54) is 13.2 Å². The van der Waals surface area contributed by atoms with Gasteiger partial charge in [0.1, 0.15) is 5.75 Å². The molecule has 26 heavy (non-hydrogen) atoms. The average Bonchev–Trinajstić information content (AvgIpc) is 2.62. The summed E-state index contributed by atoms with van der Waals surface area (Å²) in [7, 11) is 3.07. The molecule has 0 fully saturated rings. The summed E-state index contributed by atoms with van der Waals surface area (Å²) in [5, 5.41) is 3.52. The third-order valence-electron chi connectivity index (χ3n) is 4.11. The molecule has 1 atom stereocenters. The highest BCUT2D eigenvalue weighted by Crippen LogP contribution is 2.30. The molecule has 1 unspecified atom stereocenters. The maximum absolute atomic E-state index is 12.4. The minimum Gasteiger partial charge on any atom is -0.497 e. The zero-order valence-electron chi connectivity index (χ0n) is 15.5. The Morgan fingerprint density at radius 3 is 2.15 bits per heavy atom. The van der Waals surface area contributed by atoms with Crippen LogP contribution in [0.25, 0.3) is 0 Å². The number of hydrogen-bond donors (Lipinski definition) is 1. The van der Waals surface area contributed by atoms with Crippen molar-refractivity contribution < 1.29 is 23.0 Å². The first-order valence-corrected chi connectivity index (χ1v) is 8.43. The standard InChI is InChI=1S/C20H25F2NO3/c1-13(2)19(15-6-8-16(24-3)9-7-15)23-12-14-5-10-17(26-20(21)22)18(11-14)25-4/h5-11,13,19-20,23H,12H2,1-4H3. The summed E-state index contributed by atoms with van der Waals surface area (Å²) in [4.78, 5) is 0. The third kappa shape index (κ3) is 5.33. The van der Waals surface area contributed by atoms with Gasteiger partial charge in [0.2, 0.25) is 0 Å². The van der Waals surface area contributed by atoms with Gasteiger partial charge in [0.15, 0.2) is 11.5 Å². The lowest BCUT2D eigenvalue weighted by Gasteiger charge is -2.23. The fourth-order valence-corrected chi connectivity index (χ4v) is 2.79. The second kappa shape index (κ2) is 9.38. The second-order valence-corrected chi connectivity index (χ2v) is 6.24. The molecule has 0 spiro atoms. The summed E-state index contributed by atoms with van der Waals surface area (Å²) in [6, 6.07) is 13.0. The number of ether oxygens (including phenoxy) is 3. The Bertz CT molecular complexity index is 690. The number of hydrogen-bond acceptors (Lipinski definition) is 4. The van der Waals surface area contributed by atoms with Gasteiger partial charge >= 0.3 is 6.61 Å². The van der Waals surface area contributed by atoms with Crippen molar-refractivity contribution in [2.24, 2.45) is 5.92 Å². The molecule has 0 aliphatic rings. The van der Waals surface area contributed by atoms with Crippen LogP contribution in [-0.2, 0) is 6.54 Å². The van der Waals surface area contributed by atoms with Gasteiger partial charge in [-0.05, 0) is 41.3 Å². The lowest BCUT2D eigenvalue weighted by molar-refractivity contribution is -0.0512. The van der Waals surface area contributed by atoms with Gasteiger partial charge in [-0.2, -0.15) is 8.78 Å². The second-order valence-electron chi connectivity index (χ2n) is 6.24. The molecule has 0 heterocycles. The maximum Gasteiger partial charge on any atom is 0.387 e. The largest absolute Gasteiger partial charge is 0.497 e. The topological polar surface area (TPSA) is 39.7 Å². The van der Waals surface area contributed by atoms with Crippen molar-refractivity contribution in [2.75, 3.05) is 14.2 Å². The minimum atomic E-state index is -2.88. The van der Waals surface area contributed by atoms with Gasteiger partial charge in [-0.3, -0.25) is 0 Å². The maximum atomic E-state index is 12.4. The number of rotatable bonds is 9. The molecule has 0 aromatic heterocycles. The molecule has 2 aromatic rings. The molecule has 6 heteroatoms. The smallest absolute Gasteiger partial charge is 0.387 e. The molecule has 0 aliphatic heterocycles. The molecule has 0 radical (unpaired) electrons. The Hall–Kier alpha value is -2.34. The van der Waals surface area contributed by atoms with Crippen molar-refractivity contribution >= 4 is 0 Å². The highest BCUT2D eigenvalue weighted by atomic mass is 19.3. The van der Waals surface area contributed by atoms with E-state index in [2.05, 4.69) is 23.9 Å². The highest BCUT2D eigenvalue weighted by Gasteiger charge is 2.16. The van der Waals surface area contributed by atoms with Crippen LogP contribution in [0.3, 0.4) is 0 Å². The van der Waals surface area contributed by atoms with Crippen LogP contribution in [0.2, 0.25) is 0 Å². The molecule has 4 nitrogen and oxygen atoms in total. The predicted molar refractivity (Wildman–Crippen MR) is 97.0 cm³/mol. The van der Waals surface area contributed by atoms with Crippen molar-refractivity contribution in [1.82, 2.24) is 5.32 Å². The van der Waals surface area contributed by atoms with Gasteiger partial charge in [0.05, 0.1) is 14.2 Å². The van der Waals surface area contributed by atoms with Gasteiger partial charge in [0, 0.05) is 12.6 Å². The van der Waals surface area contributed by atoms with Crippen molar-refractivity contribution in [3.8, 4) is 17.2 Å². The van der Waals surface area contributed by atoms with E-state index < -0.39 is 6.61 Å². The van der Waals surface area contributed by atoms with E-state index in [1.54, 1.807) is 19.2 Å². The van der Waals surface area contributed by atoms with Crippen molar-refractivity contribution in [3.63, 3.8) is 0 Å². The summed E-state index contributed by atoms with van der Waals surface area (Å²) in [6.07, 6.45) is 0. The van der Waals surface area contributed by atoms with Gasteiger partial charge in [0.25, 0.3) is 0 Å². The van der Waals surface area contributed by atoms with Crippen LogP contribution >= 0.6 is 0 Å². The molecule has 142 valence electrons. The van der Waals surface area contributed by atoms with Crippen LogP contribution in [0.4, 0.5) is 8.78 Å². The fraction of sp³-hybridized carbons (Fsp3) is 0.400. The molecule has 2 aromatic carbocycles. The van der Waals surface area contributed by atoms with Gasteiger partial charge in [-0.15, -0.1) is 0 Å². The Balaban J connectivity index is 2.10. The molecule has 0 saturated heterocycles. The van der Waals surface area contributed by atoms with Crippen LogP contribution in [0.5, 0.6) is 17.2 Å². The summed E-state index contributed by atoms with van der Waals surface area (Å²) < 4.78 is 39.7. The van der Waals surface area contributed by atoms with Gasteiger partial charge in [-0.25, -0.2) is 0 Å². The summed E-state index contributed by atoms with van der Waals surface area (Å²) in [5.74, 6) is 1.50. The zero-order valence-corrected chi connectivity index (χ0v) is 15.5. The molecular weight excluding hydrogens is 340 g/mol. The monoisotopic (exact) mass is 365 g/mol. The molecular formula is C20H25F2NO3. The van der Waals surface area contributed by atoms with Crippen LogP contribution in [0, 0.1) is 5.92 Å². The van der Waals surface area contributed by atoms with E-state index in [-0.39, 0.29) is 17.5 Å². The van der Waals surface area contributed by atoms with E-state index >= 15 is 0 Å². The van der Waals surface area contributed by atoms with E-state index in [0.717, 1.165) is 16.9 Å². The molecule has 0 bridgehead atoms. The highest BCUT2D eigenvalue weighted by molar-refractivity contribution is 5.43.